The van der Waals surface area contributed by atoms with E-state index < -0.39 is 11.7 Å². The largest absolute Gasteiger partial charge is 0.424 e. The second-order valence-corrected chi connectivity index (χ2v) is 8.45. The van der Waals surface area contributed by atoms with Gasteiger partial charge in [-0.2, -0.15) is 18.2 Å². The number of hydrogen-bond acceptors (Lipinski definition) is 5. The topological polar surface area (TPSA) is 69.2 Å². The number of halogens is 3. The van der Waals surface area contributed by atoms with Gasteiger partial charge in [0.25, 0.3) is 0 Å². The second kappa shape index (κ2) is 7.19. The summed E-state index contributed by atoms with van der Waals surface area (Å²) in [5.41, 5.74) is 6.00. The van der Waals surface area contributed by atoms with Crippen LogP contribution in [0.2, 0.25) is 0 Å². The Bertz CT molecular complexity index is 881. The Kier molecular flexibility index (Phi) is 4.96. The maximum Gasteiger partial charge on any atom is 0.416 e. The Balaban J connectivity index is 1.62. The second-order valence-electron chi connectivity index (χ2n) is 8.45. The van der Waals surface area contributed by atoms with Gasteiger partial charge < -0.3 is 15.4 Å². The van der Waals surface area contributed by atoms with Crippen molar-refractivity contribution in [2.24, 2.45) is 17.6 Å². The quantitative estimate of drug-likeness (QED) is 0.822. The van der Waals surface area contributed by atoms with E-state index in [2.05, 4.69) is 15.0 Å². The highest BCUT2D eigenvalue weighted by molar-refractivity contribution is 5.38. The molecule has 2 unspecified atom stereocenters. The van der Waals surface area contributed by atoms with Crippen LogP contribution in [0.1, 0.15) is 43.9 Å². The Morgan fingerprint density at radius 3 is 2.38 bits per heavy atom. The molecule has 2 atom stereocenters. The van der Waals surface area contributed by atoms with Gasteiger partial charge in [0.05, 0.1) is 11.6 Å². The number of alkyl halides is 3. The third kappa shape index (κ3) is 3.92. The van der Waals surface area contributed by atoms with Crippen LogP contribution in [0.3, 0.4) is 0 Å². The summed E-state index contributed by atoms with van der Waals surface area (Å²) in [6, 6.07) is 4.01. The van der Waals surface area contributed by atoms with Crippen molar-refractivity contribution in [1.82, 2.24) is 14.8 Å². The average Bonchev–Trinajstić information content (AvgIpc) is 3.10. The minimum atomic E-state index is -4.44. The molecule has 0 radical (unpaired) electrons. The Labute approximate surface area is 167 Å². The van der Waals surface area contributed by atoms with E-state index in [-0.39, 0.29) is 23.8 Å². The minimum Gasteiger partial charge on any atom is -0.424 e. The van der Waals surface area contributed by atoms with E-state index in [0.29, 0.717) is 23.3 Å². The maximum atomic E-state index is 13.1. The molecular formula is C20H26F3N5O. The molecule has 4 rings (SSSR count). The van der Waals surface area contributed by atoms with Crippen molar-refractivity contribution in [2.75, 3.05) is 18.0 Å². The van der Waals surface area contributed by atoms with Gasteiger partial charge in [-0.15, -0.1) is 5.10 Å². The van der Waals surface area contributed by atoms with Crippen molar-refractivity contribution in [3.05, 3.63) is 29.3 Å². The monoisotopic (exact) mass is 409 g/mol. The molecule has 1 aliphatic heterocycles. The van der Waals surface area contributed by atoms with Gasteiger partial charge in [0.1, 0.15) is 5.75 Å². The molecule has 1 saturated heterocycles. The molecule has 2 aromatic rings. The van der Waals surface area contributed by atoms with E-state index in [1.165, 1.54) is 0 Å². The summed E-state index contributed by atoms with van der Waals surface area (Å²) in [6.45, 7) is 7.05. The van der Waals surface area contributed by atoms with Crippen LogP contribution in [0.4, 0.5) is 19.1 Å². The standard InChI is InChI=1S/C20H26F3N5O/c1-11(2)28-19(29-16-7-12(3)6-15(8-16)20(21,22)23)25-18(26-28)27-9-13-4-5-14(10-27)17(13)24/h6-8,11,13-14,17H,4-5,9-10,24H2,1-3H3. The van der Waals surface area contributed by atoms with Gasteiger partial charge >= 0.3 is 12.2 Å². The first-order chi connectivity index (χ1) is 13.6. The summed E-state index contributed by atoms with van der Waals surface area (Å²) in [5.74, 6) is 1.49. The lowest BCUT2D eigenvalue weighted by molar-refractivity contribution is -0.137. The summed E-state index contributed by atoms with van der Waals surface area (Å²) < 4.78 is 46.8. The fourth-order valence-electron chi connectivity index (χ4n) is 4.34. The summed E-state index contributed by atoms with van der Waals surface area (Å²) in [4.78, 5) is 6.65. The first-order valence-electron chi connectivity index (χ1n) is 9.95. The number of piperidine rings is 1. The summed E-state index contributed by atoms with van der Waals surface area (Å²) >= 11 is 0. The van der Waals surface area contributed by atoms with Gasteiger partial charge in [-0.1, -0.05) is 0 Å². The molecule has 2 fully saturated rings. The predicted octanol–water partition coefficient (Wildman–Crippen LogP) is 4.15. The SMILES string of the molecule is Cc1cc(Oc2nc(N3CC4CCC(C3)C4N)nn2C(C)C)cc(C(F)(F)F)c1. The van der Waals surface area contributed by atoms with Gasteiger partial charge in [-0.3, -0.25) is 0 Å². The number of anilines is 1. The molecule has 0 spiro atoms. The van der Waals surface area contributed by atoms with Crippen molar-refractivity contribution in [1.29, 1.82) is 0 Å². The zero-order chi connectivity index (χ0) is 20.9. The van der Waals surface area contributed by atoms with E-state index in [1.807, 2.05) is 13.8 Å². The number of rotatable bonds is 4. The predicted molar refractivity (Wildman–Crippen MR) is 103 cm³/mol. The summed E-state index contributed by atoms with van der Waals surface area (Å²) in [7, 11) is 0. The molecule has 1 aromatic carbocycles. The van der Waals surface area contributed by atoms with Crippen molar-refractivity contribution in [3.63, 3.8) is 0 Å². The third-order valence-electron chi connectivity index (χ3n) is 5.85. The minimum absolute atomic E-state index is 0.0538. The zero-order valence-corrected chi connectivity index (χ0v) is 16.8. The molecule has 9 heteroatoms. The van der Waals surface area contributed by atoms with E-state index in [0.717, 1.165) is 38.1 Å². The van der Waals surface area contributed by atoms with E-state index in [9.17, 15) is 13.2 Å². The van der Waals surface area contributed by atoms with Crippen molar-refractivity contribution in [2.45, 2.75) is 51.9 Å². The molecule has 2 bridgehead atoms. The average molecular weight is 409 g/mol. The van der Waals surface area contributed by atoms with Crippen LogP contribution in [0, 0.1) is 18.8 Å². The fraction of sp³-hybridized carbons (Fsp3) is 0.600. The lowest BCUT2D eigenvalue weighted by Gasteiger charge is -2.35. The highest BCUT2D eigenvalue weighted by atomic mass is 19.4. The van der Waals surface area contributed by atoms with Crippen molar-refractivity contribution >= 4 is 5.95 Å². The van der Waals surface area contributed by atoms with Gasteiger partial charge in [-0.25, -0.2) is 4.68 Å². The highest BCUT2D eigenvalue weighted by Crippen LogP contribution is 2.38. The van der Waals surface area contributed by atoms with Gasteiger partial charge in [0, 0.05) is 19.1 Å². The third-order valence-corrected chi connectivity index (χ3v) is 5.85. The van der Waals surface area contributed by atoms with Crippen molar-refractivity contribution in [3.8, 4) is 11.8 Å². The maximum absolute atomic E-state index is 13.1. The Morgan fingerprint density at radius 1 is 1.14 bits per heavy atom. The van der Waals surface area contributed by atoms with Crippen LogP contribution in [0.5, 0.6) is 11.8 Å². The number of ether oxygens (including phenoxy) is 1. The Morgan fingerprint density at radius 2 is 1.79 bits per heavy atom. The molecule has 158 valence electrons. The van der Waals surface area contributed by atoms with Gasteiger partial charge in [0.2, 0.25) is 5.95 Å². The lowest BCUT2D eigenvalue weighted by Crippen LogP contribution is -2.49. The normalized spacial score (nSPS) is 24.4. The van der Waals surface area contributed by atoms with Crippen LogP contribution < -0.4 is 15.4 Å². The zero-order valence-electron chi connectivity index (χ0n) is 16.8. The number of aromatic nitrogens is 3. The smallest absolute Gasteiger partial charge is 0.416 e. The van der Waals surface area contributed by atoms with Crippen molar-refractivity contribution < 1.29 is 17.9 Å². The molecule has 6 nitrogen and oxygen atoms in total. The van der Waals surface area contributed by atoms with Gasteiger partial charge in [0.15, 0.2) is 0 Å². The number of hydrogen-bond donors (Lipinski definition) is 1. The first-order valence-corrected chi connectivity index (χ1v) is 9.95. The molecule has 1 aliphatic carbocycles. The van der Waals surface area contributed by atoms with Crippen LogP contribution in [0.15, 0.2) is 18.2 Å². The van der Waals surface area contributed by atoms with E-state index in [1.54, 1.807) is 17.7 Å². The van der Waals surface area contributed by atoms with E-state index in [4.69, 9.17) is 10.5 Å². The van der Waals surface area contributed by atoms with Crippen LogP contribution in [0.25, 0.3) is 0 Å². The van der Waals surface area contributed by atoms with Crippen LogP contribution in [-0.4, -0.2) is 33.9 Å². The van der Waals surface area contributed by atoms with Gasteiger partial charge in [-0.05, 0) is 69.2 Å². The summed E-state index contributed by atoms with van der Waals surface area (Å²) in [5, 5.41) is 4.59. The molecule has 0 amide bonds. The molecule has 2 heterocycles. The van der Waals surface area contributed by atoms with Crippen LogP contribution in [-0.2, 0) is 6.18 Å². The molecule has 1 aromatic heterocycles. The number of fused-ring (bicyclic) bond motifs is 2. The number of aryl methyl sites for hydroxylation is 1. The number of benzene rings is 1. The Hall–Kier alpha value is -2.29. The first kappa shape index (κ1) is 20.0. The number of nitrogens with two attached hydrogens (primary N) is 1. The molecule has 1 saturated carbocycles. The van der Waals surface area contributed by atoms with E-state index >= 15 is 0 Å². The summed E-state index contributed by atoms with van der Waals surface area (Å²) in [6.07, 6.45) is -2.22. The molecule has 29 heavy (non-hydrogen) atoms. The van der Waals surface area contributed by atoms with Crippen LogP contribution >= 0.6 is 0 Å². The number of nitrogens with zero attached hydrogens (tertiary/aromatic N) is 4. The highest BCUT2D eigenvalue weighted by Gasteiger charge is 2.41. The molecule has 2 aliphatic rings. The fourth-order valence-corrected chi connectivity index (χ4v) is 4.34. The molecular weight excluding hydrogens is 383 g/mol. The molecule has 2 N–H and O–H groups in total. The lowest BCUT2D eigenvalue weighted by atomic mass is 9.93.